The summed E-state index contributed by atoms with van der Waals surface area (Å²) in [6, 6.07) is 0.805. The quantitative estimate of drug-likeness (QED) is 0.571. The van der Waals surface area contributed by atoms with E-state index in [0.717, 1.165) is 6.04 Å². The minimum atomic E-state index is 0.805. The zero-order chi connectivity index (χ0) is 14.8. The van der Waals surface area contributed by atoms with Gasteiger partial charge < -0.3 is 9.80 Å². The van der Waals surface area contributed by atoms with Gasteiger partial charge in [0.2, 0.25) is 0 Å². The Labute approximate surface area is 127 Å². The van der Waals surface area contributed by atoms with Gasteiger partial charge in [0.1, 0.15) is 0 Å². The molecular formula is C17H37N3. The lowest BCUT2D eigenvalue weighted by atomic mass is 10.0. The molecule has 3 heteroatoms. The van der Waals surface area contributed by atoms with Gasteiger partial charge in [-0.05, 0) is 26.9 Å². The van der Waals surface area contributed by atoms with Crippen LogP contribution in [0.3, 0.4) is 0 Å². The van der Waals surface area contributed by atoms with Crippen molar-refractivity contribution < 1.29 is 0 Å². The van der Waals surface area contributed by atoms with Gasteiger partial charge in [-0.15, -0.1) is 0 Å². The van der Waals surface area contributed by atoms with Crippen molar-refractivity contribution in [1.29, 1.82) is 0 Å². The van der Waals surface area contributed by atoms with Crippen molar-refractivity contribution in [2.24, 2.45) is 0 Å². The van der Waals surface area contributed by atoms with Crippen LogP contribution in [0.1, 0.15) is 52.4 Å². The van der Waals surface area contributed by atoms with Gasteiger partial charge in [0.05, 0.1) is 0 Å². The summed E-state index contributed by atoms with van der Waals surface area (Å²) < 4.78 is 0. The van der Waals surface area contributed by atoms with E-state index >= 15 is 0 Å². The fourth-order valence-corrected chi connectivity index (χ4v) is 3.10. The molecule has 0 spiro atoms. The van der Waals surface area contributed by atoms with Gasteiger partial charge in [-0.1, -0.05) is 39.5 Å². The van der Waals surface area contributed by atoms with Crippen LogP contribution in [0.15, 0.2) is 0 Å². The highest BCUT2D eigenvalue weighted by molar-refractivity contribution is 4.73. The molecule has 1 rings (SSSR count). The fraction of sp³-hybridized carbons (Fsp3) is 1.00. The van der Waals surface area contributed by atoms with Crippen LogP contribution in [0.2, 0.25) is 0 Å². The molecule has 1 aliphatic rings. The Balaban J connectivity index is 2.24. The molecule has 1 heterocycles. The van der Waals surface area contributed by atoms with Crippen LogP contribution in [0.25, 0.3) is 0 Å². The van der Waals surface area contributed by atoms with E-state index in [1.807, 2.05) is 0 Å². The molecule has 0 aromatic heterocycles. The van der Waals surface area contributed by atoms with Gasteiger partial charge in [-0.3, -0.25) is 4.90 Å². The number of hydrogen-bond acceptors (Lipinski definition) is 3. The Hall–Kier alpha value is -0.120. The van der Waals surface area contributed by atoms with Crippen molar-refractivity contribution in [3.8, 4) is 0 Å². The molecule has 1 saturated heterocycles. The predicted molar refractivity (Wildman–Crippen MR) is 89.4 cm³/mol. The summed E-state index contributed by atoms with van der Waals surface area (Å²) in [5.41, 5.74) is 0. The van der Waals surface area contributed by atoms with E-state index in [1.165, 1.54) is 77.8 Å². The second kappa shape index (κ2) is 10.6. The molecule has 0 aromatic rings. The molecule has 0 saturated carbocycles. The topological polar surface area (TPSA) is 9.72 Å². The average Bonchev–Trinajstić information content (AvgIpc) is 2.45. The Morgan fingerprint density at radius 1 is 0.950 bits per heavy atom. The maximum absolute atomic E-state index is 2.63. The lowest BCUT2D eigenvalue weighted by Crippen LogP contribution is -2.47. The molecule has 0 bridgehead atoms. The third-order valence-corrected chi connectivity index (χ3v) is 4.75. The van der Waals surface area contributed by atoms with Crippen molar-refractivity contribution >= 4 is 0 Å². The average molecular weight is 284 g/mol. The second-order valence-electron chi connectivity index (χ2n) is 6.56. The van der Waals surface area contributed by atoms with Crippen LogP contribution >= 0.6 is 0 Å². The van der Waals surface area contributed by atoms with E-state index in [1.54, 1.807) is 0 Å². The molecule has 0 radical (unpaired) electrons. The smallest absolute Gasteiger partial charge is 0.0110 e. The first-order chi connectivity index (χ1) is 9.67. The molecule has 0 N–H and O–H groups in total. The maximum atomic E-state index is 2.63. The molecule has 3 nitrogen and oxygen atoms in total. The number of unbranched alkanes of at least 4 members (excludes halogenated alkanes) is 2. The van der Waals surface area contributed by atoms with Crippen LogP contribution < -0.4 is 0 Å². The van der Waals surface area contributed by atoms with Crippen molar-refractivity contribution in [1.82, 2.24) is 14.7 Å². The van der Waals surface area contributed by atoms with Crippen LogP contribution in [0.4, 0.5) is 0 Å². The summed E-state index contributed by atoms with van der Waals surface area (Å²) >= 11 is 0. The summed E-state index contributed by atoms with van der Waals surface area (Å²) in [5, 5.41) is 0. The molecule has 1 atom stereocenters. The minimum Gasteiger partial charge on any atom is -0.304 e. The molecule has 0 aliphatic carbocycles. The standard InChI is InChI=1S/C17H37N3/c1-5-7-8-10-17(9-6-2)19(4)13-16-20-14-11-18(3)12-15-20/h17H,5-16H2,1-4H3. The maximum Gasteiger partial charge on any atom is 0.0110 e. The van der Waals surface area contributed by atoms with Gasteiger partial charge in [0.25, 0.3) is 0 Å². The minimum absolute atomic E-state index is 0.805. The van der Waals surface area contributed by atoms with E-state index in [-0.39, 0.29) is 0 Å². The van der Waals surface area contributed by atoms with Crippen molar-refractivity contribution in [2.45, 2.75) is 58.4 Å². The molecule has 1 unspecified atom stereocenters. The molecule has 1 fully saturated rings. The first kappa shape index (κ1) is 17.9. The third-order valence-electron chi connectivity index (χ3n) is 4.75. The van der Waals surface area contributed by atoms with Crippen molar-refractivity contribution in [3.63, 3.8) is 0 Å². The van der Waals surface area contributed by atoms with E-state index < -0.39 is 0 Å². The van der Waals surface area contributed by atoms with E-state index in [2.05, 4.69) is 42.6 Å². The van der Waals surface area contributed by atoms with Crippen LogP contribution in [0.5, 0.6) is 0 Å². The summed E-state index contributed by atoms with van der Waals surface area (Å²) in [6.07, 6.45) is 8.20. The monoisotopic (exact) mass is 283 g/mol. The molecule has 1 aliphatic heterocycles. The molecule has 0 aromatic carbocycles. The van der Waals surface area contributed by atoms with Crippen LogP contribution in [-0.2, 0) is 0 Å². The normalized spacial score (nSPS) is 19.6. The Bertz CT molecular complexity index is 224. The van der Waals surface area contributed by atoms with E-state index in [0.29, 0.717) is 0 Å². The second-order valence-corrected chi connectivity index (χ2v) is 6.56. The predicted octanol–water partition coefficient (Wildman–Crippen LogP) is 2.91. The SMILES string of the molecule is CCCCCC(CCC)N(C)CCN1CCN(C)CC1. The molecule has 20 heavy (non-hydrogen) atoms. The molecule has 0 amide bonds. The first-order valence-corrected chi connectivity index (χ1v) is 8.78. The van der Waals surface area contributed by atoms with Crippen molar-refractivity contribution in [3.05, 3.63) is 0 Å². The number of hydrogen-bond donors (Lipinski definition) is 0. The fourth-order valence-electron chi connectivity index (χ4n) is 3.10. The van der Waals surface area contributed by atoms with Gasteiger partial charge in [0, 0.05) is 45.3 Å². The van der Waals surface area contributed by atoms with Crippen LogP contribution in [0, 0.1) is 0 Å². The summed E-state index contributed by atoms with van der Waals surface area (Å²) in [4.78, 5) is 7.69. The van der Waals surface area contributed by atoms with Gasteiger partial charge in [-0.2, -0.15) is 0 Å². The largest absolute Gasteiger partial charge is 0.304 e. The summed E-state index contributed by atoms with van der Waals surface area (Å²) in [5.74, 6) is 0. The van der Waals surface area contributed by atoms with E-state index in [4.69, 9.17) is 0 Å². The number of nitrogens with zero attached hydrogens (tertiary/aromatic N) is 3. The van der Waals surface area contributed by atoms with Gasteiger partial charge in [0.15, 0.2) is 0 Å². The van der Waals surface area contributed by atoms with Gasteiger partial charge in [-0.25, -0.2) is 0 Å². The Morgan fingerprint density at radius 2 is 1.65 bits per heavy atom. The first-order valence-electron chi connectivity index (χ1n) is 8.78. The van der Waals surface area contributed by atoms with E-state index in [9.17, 15) is 0 Å². The highest BCUT2D eigenvalue weighted by atomic mass is 15.3. The third kappa shape index (κ3) is 7.05. The lowest BCUT2D eigenvalue weighted by molar-refractivity contribution is 0.126. The molecular weight excluding hydrogens is 246 g/mol. The van der Waals surface area contributed by atoms with Crippen LogP contribution in [-0.4, -0.2) is 74.1 Å². The summed E-state index contributed by atoms with van der Waals surface area (Å²) in [6.45, 7) is 12.1. The highest BCUT2D eigenvalue weighted by Crippen LogP contribution is 2.14. The number of likely N-dealkylation sites (N-methyl/N-ethyl adjacent to an activating group) is 2. The Morgan fingerprint density at radius 3 is 2.25 bits per heavy atom. The number of piperazine rings is 1. The van der Waals surface area contributed by atoms with Gasteiger partial charge >= 0.3 is 0 Å². The zero-order valence-electron chi connectivity index (χ0n) is 14.4. The number of rotatable bonds is 10. The van der Waals surface area contributed by atoms with Crippen molar-refractivity contribution in [2.75, 3.05) is 53.4 Å². The lowest BCUT2D eigenvalue weighted by Gasteiger charge is -2.35. The Kier molecular flexibility index (Phi) is 9.49. The highest BCUT2D eigenvalue weighted by Gasteiger charge is 2.17. The molecule has 120 valence electrons. The zero-order valence-corrected chi connectivity index (χ0v) is 14.4. The summed E-state index contributed by atoms with van der Waals surface area (Å²) in [7, 11) is 4.57.